The Hall–Kier alpha value is -1.69. The topological polar surface area (TPSA) is 57.3 Å². The second-order valence-corrected chi connectivity index (χ2v) is 10.3. The first kappa shape index (κ1) is 17.9. The van der Waals surface area contributed by atoms with Crippen molar-refractivity contribution in [2.75, 3.05) is 20.3 Å². The quantitative estimate of drug-likeness (QED) is 0.555. The molecule has 5 nitrogen and oxygen atoms in total. The summed E-state index contributed by atoms with van der Waals surface area (Å²) in [7, 11) is 1.69. The van der Waals surface area contributed by atoms with E-state index >= 15 is 0 Å². The van der Waals surface area contributed by atoms with Crippen LogP contribution in [0.2, 0.25) is 0 Å². The Bertz CT molecular complexity index is 962. The minimum absolute atomic E-state index is 0.00107. The summed E-state index contributed by atoms with van der Waals surface area (Å²) in [6, 6.07) is 8.38. The van der Waals surface area contributed by atoms with Crippen LogP contribution < -0.4 is 4.74 Å². The molecule has 1 aromatic carbocycles. The number of hydrogen-bond acceptors (Lipinski definition) is 5. The van der Waals surface area contributed by atoms with Gasteiger partial charge in [-0.1, -0.05) is 44.1 Å². The zero-order chi connectivity index (χ0) is 20.4. The fourth-order valence-electron chi connectivity index (χ4n) is 8.56. The third-order valence-corrected chi connectivity index (χ3v) is 9.69. The number of Topliss-reactive ketones (excluding diaryl/α,β-unsaturated/α-hetero) is 1. The van der Waals surface area contributed by atoms with E-state index in [-0.39, 0.29) is 46.1 Å². The van der Waals surface area contributed by atoms with Crippen LogP contribution in [0.5, 0.6) is 5.75 Å². The van der Waals surface area contributed by atoms with Crippen molar-refractivity contribution < 1.29 is 23.7 Å². The van der Waals surface area contributed by atoms with Crippen LogP contribution in [-0.4, -0.2) is 44.1 Å². The minimum atomic E-state index is -0.777. The summed E-state index contributed by atoms with van der Waals surface area (Å²) in [4.78, 5) is 13.9. The highest BCUT2D eigenvalue weighted by molar-refractivity contribution is 5.93. The van der Waals surface area contributed by atoms with Gasteiger partial charge in [-0.05, 0) is 36.0 Å². The summed E-state index contributed by atoms with van der Waals surface area (Å²) in [5.41, 5.74) is 0.698. The maximum atomic E-state index is 13.9. The number of methoxy groups -OCH3 is 1. The van der Waals surface area contributed by atoms with Crippen LogP contribution in [0.1, 0.15) is 38.2 Å². The van der Waals surface area contributed by atoms with E-state index in [1.165, 1.54) is 18.4 Å². The number of epoxide rings is 1. The fraction of sp³-hybridized carbons (Fsp3) is 0.640. The number of ether oxygens (including phenoxy) is 4. The smallest absolute Gasteiger partial charge is 0.202 e. The molecule has 0 amide bonds. The van der Waals surface area contributed by atoms with Crippen molar-refractivity contribution in [3.63, 3.8) is 0 Å². The van der Waals surface area contributed by atoms with Crippen molar-refractivity contribution in [1.82, 2.24) is 0 Å². The molecule has 0 radical (unpaired) electrons. The van der Waals surface area contributed by atoms with E-state index in [2.05, 4.69) is 31.2 Å². The third-order valence-electron chi connectivity index (χ3n) is 9.69. The number of fused-ring (bicyclic) bond motifs is 5. The summed E-state index contributed by atoms with van der Waals surface area (Å²) in [5, 5.41) is 0. The van der Waals surface area contributed by atoms with Gasteiger partial charge in [0.2, 0.25) is 5.79 Å². The Balaban J connectivity index is 1.50. The van der Waals surface area contributed by atoms with Crippen LogP contribution in [0.4, 0.5) is 0 Å². The summed E-state index contributed by atoms with van der Waals surface area (Å²) in [5.74, 6) is 0.138. The molecule has 2 aliphatic heterocycles. The SMILES string of the molecule is COc1ccc([C@]23C=C[C@@]4(CCCC[C@]24C)[C@@H]2[C@H]3C(=O)[C@H]3O[C@H]3C23OCCO3)cc1. The normalized spacial score (nSPS) is 49.1. The first-order valence-corrected chi connectivity index (χ1v) is 11.4. The van der Waals surface area contributed by atoms with Gasteiger partial charge in [-0.15, -0.1) is 0 Å². The van der Waals surface area contributed by atoms with Crippen molar-refractivity contribution in [3.8, 4) is 5.75 Å². The molecular weight excluding hydrogens is 380 g/mol. The Morgan fingerprint density at radius 1 is 1.03 bits per heavy atom. The molecule has 5 fully saturated rings. The lowest BCUT2D eigenvalue weighted by Gasteiger charge is -2.52. The van der Waals surface area contributed by atoms with Crippen molar-refractivity contribution in [3.05, 3.63) is 42.0 Å². The van der Waals surface area contributed by atoms with E-state index in [0.717, 1.165) is 18.6 Å². The lowest BCUT2D eigenvalue weighted by Crippen LogP contribution is -2.60. The molecule has 5 heteroatoms. The number of rotatable bonds is 2. The highest BCUT2D eigenvalue weighted by atomic mass is 16.8. The van der Waals surface area contributed by atoms with Gasteiger partial charge < -0.3 is 18.9 Å². The lowest BCUT2D eigenvalue weighted by atomic mass is 9.52. The van der Waals surface area contributed by atoms with E-state index in [1.54, 1.807) is 7.11 Å². The third kappa shape index (κ3) is 1.64. The first-order valence-electron chi connectivity index (χ1n) is 11.4. The van der Waals surface area contributed by atoms with Crippen molar-refractivity contribution in [2.24, 2.45) is 22.7 Å². The van der Waals surface area contributed by atoms with Crippen LogP contribution in [0.3, 0.4) is 0 Å². The largest absolute Gasteiger partial charge is 0.497 e. The molecule has 7 rings (SSSR count). The van der Waals surface area contributed by atoms with Crippen LogP contribution in [-0.2, 0) is 24.4 Å². The summed E-state index contributed by atoms with van der Waals surface area (Å²) in [6.45, 7) is 3.59. The van der Waals surface area contributed by atoms with Gasteiger partial charge in [-0.2, -0.15) is 0 Å². The number of benzene rings is 1. The number of carbonyl (C=O) groups excluding carboxylic acids is 1. The molecule has 6 aliphatic rings. The Morgan fingerprint density at radius 3 is 2.50 bits per heavy atom. The zero-order valence-electron chi connectivity index (χ0n) is 17.6. The van der Waals surface area contributed by atoms with Gasteiger partial charge in [0.15, 0.2) is 5.78 Å². The van der Waals surface area contributed by atoms with Crippen LogP contribution >= 0.6 is 0 Å². The zero-order valence-corrected chi connectivity index (χ0v) is 17.6. The molecule has 158 valence electrons. The predicted molar refractivity (Wildman–Crippen MR) is 108 cm³/mol. The maximum Gasteiger partial charge on any atom is 0.202 e. The van der Waals surface area contributed by atoms with Crippen molar-refractivity contribution in [1.29, 1.82) is 0 Å². The Morgan fingerprint density at radius 2 is 1.77 bits per heavy atom. The molecule has 0 N–H and O–H groups in total. The first-order chi connectivity index (χ1) is 14.5. The molecule has 3 saturated carbocycles. The Labute approximate surface area is 176 Å². The summed E-state index contributed by atoms with van der Waals surface area (Å²) in [6.07, 6.45) is 8.77. The average Bonchev–Trinajstić information content (AvgIpc) is 3.30. The van der Waals surface area contributed by atoms with E-state index in [1.807, 2.05) is 12.1 Å². The van der Waals surface area contributed by atoms with Crippen molar-refractivity contribution in [2.45, 2.75) is 56.0 Å². The van der Waals surface area contributed by atoms with Gasteiger partial charge >= 0.3 is 0 Å². The molecule has 0 unspecified atom stereocenters. The van der Waals surface area contributed by atoms with E-state index in [0.29, 0.717) is 13.2 Å². The van der Waals surface area contributed by atoms with Gasteiger partial charge in [-0.25, -0.2) is 0 Å². The lowest BCUT2D eigenvalue weighted by molar-refractivity contribution is -0.243. The molecular formula is C25H28O5. The molecule has 1 aromatic rings. The molecule has 7 atom stereocenters. The van der Waals surface area contributed by atoms with Gasteiger partial charge in [0, 0.05) is 22.7 Å². The van der Waals surface area contributed by atoms with Gasteiger partial charge in [0.25, 0.3) is 0 Å². The highest BCUT2D eigenvalue weighted by Gasteiger charge is 2.87. The Kier molecular flexibility index (Phi) is 3.21. The molecule has 4 aliphatic carbocycles. The number of allylic oxidation sites excluding steroid dienone is 2. The van der Waals surface area contributed by atoms with E-state index < -0.39 is 5.79 Å². The fourth-order valence-corrected chi connectivity index (χ4v) is 8.56. The summed E-state index contributed by atoms with van der Waals surface area (Å²) >= 11 is 0. The van der Waals surface area contributed by atoms with Gasteiger partial charge in [-0.3, -0.25) is 4.79 Å². The standard InChI is InChI=1S/C25H28O5/c1-22-9-3-4-10-23(22)11-12-24(22,15-5-7-16(27-2)8-6-15)17-18(26)19-21(30-19)25(20(17)23)28-13-14-29-25/h5-8,11-12,17,19-21H,3-4,9-10,13-14H2,1-2H3/t17-,19-,20+,21-,22+,23+,24+/m1/s1. The molecule has 0 aromatic heterocycles. The van der Waals surface area contributed by atoms with E-state index in [4.69, 9.17) is 18.9 Å². The summed E-state index contributed by atoms with van der Waals surface area (Å²) < 4.78 is 24.2. The van der Waals surface area contributed by atoms with E-state index in [9.17, 15) is 4.79 Å². The predicted octanol–water partition coefficient (Wildman–Crippen LogP) is 3.41. The monoisotopic (exact) mass is 408 g/mol. The molecule has 2 heterocycles. The molecule has 1 spiro atoms. The highest BCUT2D eigenvalue weighted by Crippen LogP contribution is 2.82. The molecule has 30 heavy (non-hydrogen) atoms. The van der Waals surface area contributed by atoms with Crippen LogP contribution in [0.25, 0.3) is 0 Å². The van der Waals surface area contributed by atoms with Gasteiger partial charge in [0.05, 0.1) is 20.3 Å². The number of hydrogen-bond donors (Lipinski definition) is 0. The second kappa shape index (κ2) is 5.37. The van der Waals surface area contributed by atoms with Crippen LogP contribution in [0, 0.1) is 22.7 Å². The molecule has 2 saturated heterocycles. The molecule has 2 bridgehead atoms. The number of carbonyl (C=O) groups is 1. The second-order valence-electron chi connectivity index (χ2n) is 10.3. The van der Waals surface area contributed by atoms with Crippen molar-refractivity contribution >= 4 is 5.78 Å². The van der Waals surface area contributed by atoms with Crippen LogP contribution in [0.15, 0.2) is 36.4 Å². The van der Waals surface area contributed by atoms with Gasteiger partial charge in [0.1, 0.15) is 18.0 Å². The maximum absolute atomic E-state index is 13.9. The average molecular weight is 408 g/mol. The number of ketones is 1. The minimum Gasteiger partial charge on any atom is -0.497 e.